The summed E-state index contributed by atoms with van der Waals surface area (Å²) in [4.78, 5) is 8.22. The minimum atomic E-state index is 0.425. The van der Waals surface area contributed by atoms with Crippen LogP contribution in [0.15, 0.2) is 30.7 Å². The van der Waals surface area contributed by atoms with E-state index >= 15 is 0 Å². The molecule has 5 nitrogen and oxygen atoms in total. The summed E-state index contributed by atoms with van der Waals surface area (Å²) in [5.41, 5.74) is 10.0. The fourth-order valence-electron chi connectivity index (χ4n) is 5.93. The van der Waals surface area contributed by atoms with Gasteiger partial charge in [0.25, 0.3) is 0 Å². The molecule has 4 aromatic rings. The number of benzene rings is 1. The summed E-state index contributed by atoms with van der Waals surface area (Å²) < 4.78 is 1.91. The second kappa shape index (κ2) is 7.98. The average molecular weight is 442 g/mol. The lowest BCUT2D eigenvalue weighted by Crippen LogP contribution is -2.34. The van der Waals surface area contributed by atoms with Crippen LogP contribution in [0.5, 0.6) is 0 Å². The van der Waals surface area contributed by atoms with Gasteiger partial charge in [0, 0.05) is 34.7 Å². The molecule has 2 N–H and O–H groups in total. The quantitative estimate of drug-likeness (QED) is 0.377. The van der Waals surface area contributed by atoms with E-state index in [1.54, 1.807) is 6.33 Å². The molecule has 2 aliphatic rings. The molecule has 0 aliphatic heterocycles. The molecule has 1 aromatic carbocycles. The second-order valence-corrected chi connectivity index (χ2v) is 10.7. The van der Waals surface area contributed by atoms with Gasteiger partial charge in [-0.05, 0) is 98.6 Å². The van der Waals surface area contributed by atoms with E-state index in [1.165, 1.54) is 82.9 Å². The van der Waals surface area contributed by atoms with Crippen molar-refractivity contribution in [3.05, 3.63) is 53.0 Å². The van der Waals surface area contributed by atoms with Crippen molar-refractivity contribution in [2.75, 3.05) is 0 Å². The Kier molecular flexibility index (Phi) is 5.06. The SMILES string of the molecule is Cc1c(-c2[nH]c3ccc(C4CCC(NC5CC5)CC4)cc3c2C(C)C)cn2ncnc2c1C. The van der Waals surface area contributed by atoms with Gasteiger partial charge in [-0.3, -0.25) is 0 Å². The Morgan fingerprint density at radius 1 is 1.00 bits per heavy atom. The molecule has 0 amide bonds. The Balaban J connectivity index is 1.38. The lowest BCUT2D eigenvalue weighted by Gasteiger charge is -2.29. The van der Waals surface area contributed by atoms with E-state index in [9.17, 15) is 0 Å². The van der Waals surface area contributed by atoms with Gasteiger partial charge in [0.05, 0.1) is 5.69 Å². The Morgan fingerprint density at radius 3 is 2.42 bits per heavy atom. The number of aromatic nitrogens is 4. The van der Waals surface area contributed by atoms with Crippen molar-refractivity contribution >= 4 is 16.6 Å². The number of pyridine rings is 1. The lowest BCUT2D eigenvalue weighted by atomic mass is 9.81. The van der Waals surface area contributed by atoms with Crippen molar-refractivity contribution in [1.29, 1.82) is 0 Å². The van der Waals surface area contributed by atoms with Crippen LogP contribution in [-0.4, -0.2) is 31.7 Å². The van der Waals surface area contributed by atoms with Crippen LogP contribution in [0.3, 0.4) is 0 Å². The number of H-pyrrole nitrogens is 1. The molecule has 6 rings (SSSR count). The van der Waals surface area contributed by atoms with E-state index < -0.39 is 0 Å². The maximum Gasteiger partial charge on any atom is 0.158 e. The van der Waals surface area contributed by atoms with Crippen LogP contribution in [0, 0.1) is 13.8 Å². The summed E-state index contributed by atoms with van der Waals surface area (Å²) in [5.74, 6) is 1.11. The highest BCUT2D eigenvalue weighted by Gasteiger charge is 2.29. The monoisotopic (exact) mass is 441 g/mol. The van der Waals surface area contributed by atoms with Gasteiger partial charge in [0.1, 0.15) is 6.33 Å². The zero-order valence-corrected chi connectivity index (χ0v) is 20.3. The van der Waals surface area contributed by atoms with E-state index in [2.05, 4.69) is 72.5 Å². The number of aryl methyl sites for hydroxylation is 1. The third-order valence-corrected chi connectivity index (χ3v) is 8.08. The van der Waals surface area contributed by atoms with Crippen LogP contribution in [0.2, 0.25) is 0 Å². The molecule has 2 saturated carbocycles. The molecule has 0 radical (unpaired) electrons. The first-order chi connectivity index (χ1) is 16.0. The van der Waals surface area contributed by atoms with Gasteiger partial charge in [0.15, 0.2) is 5.65 Å². The van der Waals surface area contributed by atoms with E-state index in [-0.39, 0.29) is 0 Å². The summed E-state index contributed by atoms with van der Waals surface area (Å²) in [5, 5.41) is 9.65. The molecule has 0 atom stereocenters. The van der Waals surface area contributed by atoms with Gasteiger partial charge in [-0.2, -0.15) is 5.10 Å². The first-order valence-corrected chi connectivity index (χ1v) is 12.7. The number of hydrogen-bond donors (Lipinski definition) is 2. The third kappa shape index (κ3) is 3.67. The van der Waals surface area contributed by atoms with Crippen molar-refractivity contribution in [3.63, 3.8) is 0 Å². The molecule has 0 saturated heterocycles. The van der Waals surface area contributed by atoms with Gasteiger partial charge >= 0.3 is 0 Å². The number of fused-ring (bicyclic) bond motifs is 2. The standard InChI is InChI=1S/C28H35N5/c1-16(2)26-23-13-20(19-5-8-21(9-6-19)31-22-10-11-22)7-12-25(23)32-27(26)24-14-33-28(29-15-30-33)18(4)17(24)3/h7,12-16,19,21-22,31-32H,5-6,8-11H2,1-4H3. The van der Waals surface area contributed by atoms with Crippen LogP contribution in [0.4, 0.5) is 0 Å². The van der Waals surface area contributed by atoms with Crippen LogP contribution >= 0.6 is 0 Å². The van der Waals surface area contributed by atoms with Crippen LogP contribution < -0.4 is 5.32 Å². The summed E-state index contributed by atoms with van der Waals surface area (Å²) in [6, 6.07) is 8.72. The largest absolute Gasteiger partial charge is 0.354 e. The molecule has 33 heavy (non-hydrogen) atoms. The molecule has 3 heterocycles. The molecule has 172 valence electrons. The fraction of sp³-hybridized carbons (Fsp3) is 0.500. The van der Waals surface area contributed by atoms with Gasteiger partial charge < -0.3 is 10.3 Å². The van der Waals surface area contributed by atoms with E-state index in [0.29, 0.717) is 11.8 Å². The predicted molar refractivity (Wildman–Crippen MR) is 135 cm³/mol. The molecular formula is C28H35N5. The fourth-order valence-corrected chi connectivity index (χ4v) is 5.93. The number of aromatic amines is 1. The molecular weight excluding hydrogens is 406 g/mol. The van der Waals surface area contributed by atoms with E-state index in [1.807, 2.05) is 4.52 Å². The summed E-state index contributed by atoms with van der Waals surface area (Å²) in [7, 11) is 0. The van der Waals surface area contributed by atoms with Crippen molar-refractivity contribution in [2.24, 2.45) is 0 Å². The van der Waals surface area contributed by atoms with Gasteiger partial charge in [-0.15, -0.1) is 0 Å². The van der Waals surface area contributed by atoms with E-state index in [4.69, 9.17) is 0 Å². The Labute approximate surface area is 196 Å². The molecule has 2 fully saturated rings. The first-order valence-electron chi connectivity index (χ1n) is 12.7. The zero-order chi connectivity index (χ0) is 22.7. The number of nitrogens with zero attached hydrogens (tertiary/aromatic N) is 3. The normalized spacial score (nSPS) is 21.5. The smallest absolute Gasteiger partial charge is 0.158 e. The summed E-state index contributed by atoms with van der Waals surface area (Å²) >= 11 is 0. The molecule has 2 aliphatic carbocycles. The van der Waals surface area contributed by atoms with Crippen molar-refractivity contribution < 1.29 is 0 Å². The summed E-state index contributed by atoms with van der Waals surface area (Å²) in [6.07, 6.45) is 11.8. The van der Waals surface area contributed by atoms with E-state index in [0.717, 1.165) is 17.7 Å². The maximum absolute atomic E-state index is 4.44. The third-order valence-electron chi connectivity index (χ3n) is 8.08. The first kappa shape index (κ1) is 20.9. The second-order valence-electron chi connectivity index (χ2n) is 10.7. The summed E-state index contributed by atoms with van der Waals surface area (Å²) in [6.45, 7) is 8.97. The highest BCUT2D eigenvalue weighted by atomic mass is 15.3. The topological polar surface area (TPSA) is 58.0 Å². The van der Waals surface area contributed by atoms with Crippen LogP contribution in [0.25, 0.3) is 27.8 Å². The van der Waals surface area contributed by atoms with Gasteiger partial charge in [0.2, 0.25) is 0 Å². The van der Waals surface area contributed by atoms with Gasteiger partial charge in [-0.25, -0.2) is 9.50 Å². The van der Waals surface area contributed by atoms with Crippen molar-refractivity contribution in [2.45, 2.75) is 90.1 Å². The number of nitrogens with one attached hydrogen (secondary N) is 2. The number of rotatable bonds is 5. The lowest BCUT2D eigenvalue weighted by molar-refractivity contribution is 0.341. The molecule has 5 heteroatoms. The molecule has 0 spiro atoms. The predicted octanol–water partition coefficient (Wildman–Crippen LogP) is 6.40. The maximum atomic E-state index is 4.44. The highest BCUT2D eigenvalue weighted by Crippen LogP contribution is 2.41. The zero-order valence-electron chi connectivity index (χ0n) is 20.3. The Hall–Kier alpha value is -2.66. The van der Waals surface area contributed by atoms with Crippen LogP contribution in [-0.2, 0) is 0 Å². The number of hydrogen-bond acceptors (Lipinski definition) is 3. The Morgan fingerprint density at radius 2 is 1.73 bits per heavy atom. The Bertz CT molecular complexity index is 1320. The molecule has 0 bridgehead atoms. The minimum Gasteiger partial charge on any atom is -0.354 e. The van der Waals surface area contributed by atoms with Crippen LogP contribution in [0.1, 0.15) is 86.5 Å². The molecule has 3 aromatic heterocycles. The average Bonchev–Trinajstić information content (AvgIpc) is 3.35. The van der Waals surface area contributed by atoms with Gasteiger partial charge in [-0.1, -0.05) is 19.9 Å². The van der Waals surface area contributed by atoms with Crippen molar-refractivity contribution in [3.8, 4) is 11.3 Å². The molecule has 0 unspecified atom stereocenters. The highest BCUT2D eigenvalue weighted by molar-refractivity contribution is 5.92. The van der Waals surface area contributed by atoms with Crippen molar-refractivity contribution in [1.82, 2.24) is 24.9 Å². The minimum absolute atomic E-state index is 0.425.